The van der Waals surface area contributed by atoms with E-state index in [9.17, 15) is 4.79 Å². The Morgan fingerprint density at radius 3 is 2.57 bits per heavy atom. The summed E-state index contributed by atoms with van der Waals surface area (Å²) in [7, 11) is 1.81. The first-order chi connectivity index (χ1) is 10.0. The molecule has 112 valence electrons. The maximum absolute atomic E-state index is 11.4. The number of aliphatic hydroxyl groups excluding tert-OH is 1. The van der Waals surface area contributed by atoms with Gasteiger partial charge in [0.15, 0.2) is 11.6 Å². The summed E-state index contributed by atoms with van der Waals surface area (Å²) in [5, 5.41) is 8.86. The van der Waals surface area contributed by atoms with Gasteiger partial charge in [-0.15, -0.1) is 0 Å². The van der Waals surface area contributed by atoms with Crippen LogP contribution in [-0.4, -0.2) is 33.1 Å². The zero-order chi connectivity index (χ0) is 15.4. The van der Waals surface area contributed by atoms with Crippen molar-refractivity contribution in [2.24, 2.45) is 12.8 Å². The van der Waals surface area contributed by atoms with Crippen LogP contribution < -0.4 is 5.73 Å². The molecule has 0 radical (unpaired) electrons. The number of nitrogens with zero attached hydrogens (tertiary/aromatic N) is 2. The molecule has 0 amide bonds. The van der Waals surface area contributed by atoms with Gasteiger partial charge in [-0.05, 0) is 18.4 Å². The lowest BCUT2D eigenvalue weighted by molar-refractivity contribution is 0.100. The summed E-state index contributed by atoms with van der Waals surface area (Å²) in [5.41, 5.74) is 8.79. The second-order valence-electron chi connectivity index (χ2n) is 5.29. The Balaban J connectivity index is 2.15. The van der Waals surface area contributed by atoms with E-state index >= 15 is 0 Å². The third-order valence-corrected chi connectivity index (χ3v) is 3.44. The van der Waals surface area contributed by atoms with E-state index < -0.39 is 0 Å². The van der Waals surface area contributed by atoms with Crippen LogP contribution in [0.3, 0.4) is 0 Å². The van der Waals surface area contributed by atoms with Crippen LogP contribution in [-0.2, 0) is 13.5 Å². The van der Waals surface area contributed by atoms with E-state index in [4.69, 9.17) is 10.8 Å². The molecule has 0 aliphatic heterocycles. The smallest absolute Gasteiger partial charge is 0.195 e. The molecular weight excluding hydrogens is 266 g/mol. The average molecular weight is 287 g/mol. The Bertz CT molecular complexity index is 617. The fourth-order valence-electron chi connectivity index (χ4n) is 2.31. The maximum atomic E-state index is 11.4. The molecular formula is C16H21N3O2. The van der Waals surface area contributed by atoms with Crippen molar-refractivity contribution in [3.8, 4) is 11.3 Å². The van der Waals surface area contributed by atoms with Crippen molar-refractivity contribution >= 4 is 5.78 Å². The lowest BCUT2D eigenvalue weighted by Gasteiger charge is -2.09. The molecule has 0 saturated carbocycles. The van der Waals surface area contributed by atoms with Crippen LogP contribution in [0, 0.1) is 0 Å². The Hall–Kier alpha value is -1.98. The summed E-state index contributed by atoms with van der Waals surface area (Å²) >= 11 is 0. The molecule has 2 aromatic rings. The molecule has 1 atom stereocenters. The molecule has 0 saturated heterocycles. The number of hydrogen-bond donors (Lipinski definition) is 2. The summed E-state index contributed by atoms with van der Waals surface area (Å²) in [5.74, 6) is 0.411. The van der Waals surface area contributed by atoms with Crippen LogP contribution in [0.2, 0.25) is 0 Å². The molecule has 1 heterocycles. The van der Waals surface area contributed by atoms with Gasteiger partial charge in [-0.25, -0.2) is 4.98 Å². The number of carbonyl (C=O) groups excluding carboxylic acids is 1. The van der Waals surface area contributed by atoms with Crippen molar-refractivity contribution in [2.75, 3.05) is 6.61 Å². The zero-order valence-electron chi connectivity index (χ0n) is 12.4. The number of carbonyl (C=O) groups is 1. The van der Waals surface area contributed by atoms with Crippen molar-refractivity contribution in [1.82, 2.24) is 9.55 Å². The van der Waals surface area contributed by atoms with Gasteiger partial charge in [0.25, 0.3) is 0 Å². The fourth-order valence-corrected chi connectivity index (χ4v) is 2.31. The van der Waals surface area contributed by atoms with E-state index in [0.717, 1.165) is 23.2 Å². The topological polar surface area (TPSA) is 81.1 Å². The number of Topliss-reactive ketones (excluding diaryl/α,β-unsaturated/α-hetero) is 1. The van der Waals surface area contributed by atoms with Gasteiger partial charge in [-0.2, -0.15) is 0 Å². The largest absolute Gasteiger partial charge is 0.396 e. The van der Waals surface area contributed by atoms with Crippen LogP contribution in [0.5, 0.6) is 0 Å². The number of rotatable bonds is 6. The van der Waals surface area contributed by atoms with Gasteiger partial charge in [0.05, 0.1) is 5.69 Å². The first-order valence-corrected chi connectivity index (χ1v) is 7.01. The molecule has 1 aromatic carbocycles. The predicted molar refractivity (Wildman–Crippen MR) is 82.0 cm³/mol. The maximum Gasteiger partial charge on any atom is 0.195 e. The third-order valence-electron chi connectivity index (χ3n) is 3.44. The number of aliphatic hydroxyl groups is 1. The van der Waals surface area contributed by atoms with Crippen molar-refractivity contribution in [3.63, 3.8) is 0 Å². The molecule has 2 rings (SSSR count). The van der Waals surface area contributed by atoms with Crippen LogP contribution >= 0.6 is 0 Å². The van der Waals surface area contributed by atoms with Crippen LogP contribution in [0.1, 0.15) is 29.5 Å². The van der Waals surface area contributed by atoms with Crippen LogP contribution in [0.4, 0.5) is 0 Å². The third kappa shape index (κ3) is 3.77. The lowest BCUT2D eigenvalue weighted by Crippen LogP contribution is -2.23. The standard InChI is InChI=1S/C16H21N3O2/c1-11(21)16-18-15(10-19(16)2)13-5-3-12(4-6-13)9-14(17)7-8-20/h3-6,10,14,20H,7-9,17H2,1-2H3/t14-/m1/s1. The van der Waals surface area contributed by atoms with Gasteiger partial charge >= 0.3 is 0 Å². The molecule has 0 bridgehead atoms. The van der Waals surface area contributed by atoms with Gasteiger partial charge in [-0.1, -0.05) is 24.3 Å². The minimum Gasteiger partial charge on any atom is -0.396 e. The molecule has 0 fully saturated rings. The van der Waals surface area contributed by atoms with E-state index in [1.165, 1.54) is 6.92 Å². The lowest BCUT2D eigenvalue weighted by atomic mass is 10.0. The molecule has 5 heteroatoms. The number of hydrogen-bond acceptors (Lipinski definition) is 4. The van der Waals surface area contributed by atoms with Crippen molar-refractivity contribution in [3.05, 3.63) is 41.9 Å². The van der Waals surface area contributed by atoms with Gasteiger partial charge in [0.1, 0.15) is 0 Å². The number of ketones is 1. The highest BCUT2D eigenvalue weighted by Gasteiger charge is 2.11. The number of aryl methyl sites for hydroxylation is 1. The predicted octanol–water partition coefficient (Wildman–Crippen LogP) is 1.54. The highest BCUT2D eigenvalue weighted by atomic mass is 16.3. The normalized spacial score (nSPS) is 12.4. The summed E-state index contributed by atoms with van der Waals surface area (Å²) in [4.78, 5) is 15.8. The minimum atomic E-state index is -0.0460. The summed E-state index contributed by atoms with van der Waals surface area (Å²) < 4.78 is 1.74. The second-order valence-corrected chi connectivity index (χ2v) is 5.29. The zero-order valence-corrected chi connectivity index (χ0v) is 12.4. The van der Waals surface area contributed by atoms with Gasteiger partial charge in [0.2, 0.25) is 0 Å². The first kappa shape index (κ1) is 15.4. The van der Waals surface area contributed by atoms with Crippen molar-refractivity contribution in [1.29, 1.82) is 0 Å². The molecule has 3 N–H and O–H groups in total. The molecule has 21 heavy (non-hydrogen) atoms. The minimum absolute atomic E-state index is 0.0278. The Morgan fingerprint density at radius 2 is 2.05 bits per heavy atom. The molecule has 1 aromatic heterocycles. The van der Waals surface area contributed by atoms with E-state index in [0.29, 0.717) is 12.2 Å². The highest BCUT2D eigenvalue weighted by molar-refractivity contribution is 5.91. The van der Waals surface area contributed by atoms with E-state index in [-0.39, 0.29) is 18.4 Å². The Labute approximate surface area is 124 Å². The average Bonchev–Trinajstić information content (AvgIpc) is 2.82. The SMILES string of the molecule is CC(=O)c1nc(-c2ccc(C[C@H](N)CCO)cc2)cn1C. The summed E-state index contributed by atoms with van der Waals surface area (Å²) in [6.45, 7) is 1.62. The molecule has 0 aliphatic rings. The van der Waals surface area contributed by atoms with Gasteiger partial charge in [-0.3, -0.25) is 4.79 Å². The fraction of sp³-hybridized carbons (Fsp3) is 0.375. The second kappa shape index (κ2) is 6.65. The van der Waals surface area contributed by atoms with E-state index in [1.54, 1.807) is 4.57 Å². The van der Waals surface area contributed by atoms with Gasteiger partial charge in [0, 0.05) is 38.4 Å². The monoisotopic (exact) mass is 287 g/mol. The quantitative estimate of drug-likeness (QED) is 0.790. The highest BCUT2D eigenvalue weighted by Crippen LogP contribution is 2.19. The number of nitrogens with two attached hydrogens (primary N) is 1. The molecule has 0 aliphatic carbocycles. The van der Waals surface area contributed by atoms with Crippen molar-refractivity contribution in [2.45, 2.75) is 25.8 Å². The Kier molecular flexibility index (Phi) is 4.88. The molecule has 0 unspecified atom stereocenters. The van der Waals surface area contributed by atoms with Crippen molar-refractivity contribution < 1.29 is 9.90 Å². The van der Waals surface area contributed by atoms with E-state index in [1.807, 2.05) is 37.5 Å². The van der Waals surface area contributed by atoms with E-state index in [2.05, 4.69) is 4.98 Å². The summed E-state index contributed by atoms with van der Waals surface area (Å²) in [6.07, 6.45) is 3.19. The Morgan fingerprint density at radius 1 is 1.38 bits per heavy atom. The van der Waals surface area contributed by atoms with Crippen LogP contribution in [0.25, 0.3) is 11.3 Å². The number of aromatic nitrogens is 2. The molecule has 0 spiro atoms. The summed E-state index contributed by atoms with van der Waals surface area (Å²) in [6, 6.07) is 7.95. The molecule has 5 nitrogen and oxygen atoms in total. The van der Waals surface area contributed by atoms with Crippen LogP contribution in [0.15, 0.2) is 30.5 Å². The number of imidazole rings is 1. The van der Waals surface area contributed by atoms with Gasteiger partial charge < -0.3 is 15.4 Å². The number of benzene rings is 1. The first-order valence-electron chi connectivity index (χ1n) is 7.01.